The number of hydrogen-bond donors (Lipinski definition) is 3. The maximum Gasteiger partial charge on any atom is 0.326 e. The van der Waals surface area contributed by atoms with E-state index in [1.165, 1.54) is 0 Å². The number of carbonyl (C=O) groups excluding carboxylic acids is 1. The molecule has 0 fully saturated rings. The van der Waals surface area contributed by atoms with Crippen LogP contribution in [0, 0.1) is 11.8 Å². The average molecular weight is 288 g/mol. The van der Waals surface area contributed by atoms with Gasteiger partial charge in [0.1, 0.15) is 6.04 Å². The first-order chi connectivity index (χ1) is 9.38. The van der Waals surface area contributed by atoms with E-state index in [1.54, 1.807) is 6.92 Å². The topological polar surface area (TPSA) is 87.7 Å². The highest BCUT2D eigenvalue weighted by molar-refractivity contribution is 5.82. The smallest absolute Gasteiger partial charge is 0.326 e. The van der Waals surface area contributed by atoms with Gasteiger partial charge in [-0.2, -0.15) is 0 Å². The Kier molecular flexibility index (Phi) is 9.80. The first-order valence-corrected chi connectivity index (χ1v) is 7.23. The fourth-order valence-corrected chi connectivity index (χ4v) is 1.53. The van der Waals surface area contributed by atoms with Crippen LogP contribution in [0.5, 0.6) is 0 Å². The van der Waals surface area contributed by atoms with E-state index >= 15 is 0 Å². The highest BCUT2D eigenvalue weighted by Gasteiger charge is 2.24. The van der Waals surface area contributed by atoms with Crippen LogP contribution < -0.4 is 10.6 Å². The summed E-state index contributed by atoms with van der Waals surface area (Å²) >= 11 is 0. The van der Waals surface area contributed by atoms with Crippen LogP contribution in [0.4, 0.5) is 4.79 Å². The number of carbonyl (C=O) groups is 2. The third kappa shape index (κ3) is 8.74. The van der Waals surface area contributed by atoms with Crippen LogP contribution >= 0.6 is 0 Å². The molecule has 0 aromatic heterocycles. The summed E-state index contributed by atoms with van der Waals surface area (Å²) in [6.45, 7) is 9.41. The molecule has 0 aliphatic carbocycles. The van der Waals surface area contributed by atoms with E-state index in [-0.39, 0.29) is 5.92 Å². The third-order valence-electron chi connectivity index (χ3n) is 3.14. The van der Waals surface area contributed by atoms with Crippen LogP contribution in [0.2, 0.25) is 0 Å². The maximum absolute atomic E-state index is 11.6. The van der Waals surface area contributed by atoms with Crippen molar-refractivity contribution in [1.82, 2.24) is 10.6 Å². The quantitative estimate of drug-likeness (QED) is 0.535. The average Bonchev–Trinajstić information content (AvgIpc) is 2.38. The van der Waals surface area contributed by atoms with E-state index < -0.39 is 18.0 Å². The molecule has 0 bridgehead atoms. The van der Waals surface area contributed by atoms with Gasteiger partial charge in [-0.1, -0.05) is 34.1 Å². The lowest BCUT2D eigenvalue weighted by atomic mass is 9.99. The minimum Gasteiger partial charge on any atom is -0.480 e. The molecular formula is C14H28N2O4. The number of nitrogens with one attached hydrogen (secondary N) is 2. The number of amides is 2. The van der Waals surface area contributed by atoms with Crippen molar-refractivity contribution in [3.63, 3.8) is 0 Å². The number of ether oxygens (including phenoxy) is 1. The molecule has 6 heteroatoms. The molecular weight excluding hydrogens is 260 g/mol. The second kappa shape index (κ2) is 10.5. The minimum absolute atomic E-state index is 0.111. The van der Waals surface area contributed by atoms with Crippen LogP contribution in [0.3, 0.4) is 0 Å². The zero-order chi connectivity index (χ0) is 15.5. The van der Waals surface area contributed by atoms with Gasteiger partial charge in [0, 0.05) is 13.2 Å². The Hall–Kier alpha value is -1.30. The highest BCUT2D eigenvalue weighted by atomic mass is 16.5. The van der Waals surface area contributed by atoms with Gasteiger partial charge in [-0.15, -0.1) is 0 Å². The van der Waals surface area contributed by atoms with Gasteiger partial charge in [-0.25, -0.2) is 9.59 Å². The molecule has 0 saturated carbocycles. The van der Waals surface area contributed by atoms with E-state index in [1.807, 2.05) is 6.92 Å². The van der Waals surface area contributed by atoms with E-state index in [4.69, 9.17) is 9.84 Å². The van der Waals surface area contributed by atoms with Crippen LogP contribution in [-0.4, -0.2) is 42.9 Å². The van der Waals surface area contributed by atoms with Gasteiger partial charge in [0.25, 0.3) is 0 Å². The fraction of sp³-hybridized carbons (Fsp3) is 0.857. The van der Waals surface area contributed by atoms with Crippen molar-refractivity contribution in [2.24, 2.45) is 11.8 Å². The molecule has 6 nitrogen and oxygen atoms in total. The van der Waals surface area contributed by atoms with Crippen molar-refractivity contribution in [2.75, 3.05) is 19.8 Å². The number of hydrogen-bond acceptors (Lipinski definition) is 3. The molecule has 2 amide bonds. The van der Waals surface area contributed by atoms with Gasteiger partial charge in [-0.05, 0) is 18.3 Å². The van der Waals surface area contributed by atoms with Gasteiger partial charge in [0.2, 0.25) is 0 Å². The Labute approximate surface area is 121 Å². The van der Waals surface area contributed by atoms with Gasteiger partial charge < -0.3 is 20.5 Å². The van der Waals surface area contributed by atoms with Gasteiger partial charge in [0.05, 0.1) is 6.61 Å². The Morgan fingerprint density at radius 2 is 1.85 bits per heavy atom. The summed E-state index contributed by atoms with van der Waals surface area (Å²) in [5.74, 6) is -0.527. The molecule has 0 aliphatic rings. The number of aliphatic carboxylic acids is 1. The minimum atomic E-state index is -1.01. The van der Waals surface area contributed by atoms with Crippen molar-refractivity contribution < 1.29 is 19.4 Å². The van der Waals surface area contributed by atoms with E-state index in [9.17, 15) is 9.59 Å². The predicted molar refractivity (Wildman–Crippen MR) is 77.7 cm³/mol. The van der Waals surface area contributed by atoms with Gasteiger partial charge in [0.15, 0.2) is 0 Å². The SMILES string of the molecule is CC[C@H](C)[C@H](NC(=O)NCCOCCC(C)C)C(=O)O. The van der Waals surface area contributed by atoms with Crippen LogP contribution in [0.25, 0.3) is 0 Å². The summed E-state index contributed by atoms with van der Waals surface area (Å²) in [4.78, 5) is 22.6. The first-order valence-electron chi connectivity index (χ1n) is 7.23. The first kappa shape index (κ1) is 18.7. The number of carboxylic acid groups (broad SMARTS) is 1. The van der Waals surface area contributed by atoms with E-state index in [2.05, 4.69) is 24.5 Å². The Morgan fingerprint density at radius 3 is 2.35 bits per heavy atom. The predicted octanol–water partition coefficient (Wildman–Crippen LogP) is 1.85. The van der Waals surface area contributed by atoms with Crippen LogP contribution in [0.15, 0.2) is 0 Å². The lowest BCUT2D eigenvalue weighted by molar-refractivity contribution is -0.140. The molecule has 20 heavy (non-hydrogen) atoms. The van der Waals surface area contributed by atoms with Gasteiger partial charge >= 0.3 is 12.0 Å². The molecule has 3 N–H and O–H groups in total. The van der Waals surface area contributed by atoms with Gasteiger partial charge in [-0.3, -0.25) is 0 Å². The molecule has 0 unspecified atom stereocenters. The zero-order valence-electron chi connectivity index (χ0n) is 12.9. The van der Waals surface area contributed by atoms with Crippen LogP contribution in [-0.2, 0) is 9.53 Å². The maximum atomic E-state index is 11.6. The number of rotatable bonds is 10. The Bertz CT molecular complexity index is 295. The summed E-state index contributed by atoms with van der Waals surface area (Å²) in [6.07, 6.45) is 1.68. The molecule has 0 radical (unpaired) electrons. The molecule has 0 rings (SSSR count). The van der Waals surface area contributed by atoms with E-state index in [0.717, 1.165) is 6.42 Å². The number of urea groups is 1. The zero-order valence-corrected chi connectivity index (χ0v) is 12.9. The number of carboxylic acids is 1. The molecule has 0 saturated heterocycles. The highest BCUT2D eigenvalue weighted by Crippen LogP contribution is 2.07. The van der Waals surface area contributed by atoms with Crippen molar-refractivity contribution in [3.05, 3.63) is 0 Å². The van der Waals surface area contributed by atoms with Crippen molar-refractivity contribution in [2.45, 2.75) is 46.6 Å². The Balaban J connectivity index is 3.83. The molecule has 0 aromatic rings. The molecule has 0 heterocycles. The molecule has 0 aromatic carbocycles. The molecule has 0 spiro atoms. The lowest BCUT2D eigenvalue weighted by Gasteiger charge is -2.20. The Morgan fingerprint density at radius 1 is 1.20 bits per heavy atom. The van der Waals surface area contributed by atoms with Crippen molar-refractivity contribution >= 4 is 12.0 Å². The monoisotopic (exact) mass is 288 g/mol. The fourth-order valence-electron chi connectivity index (χ4n) is 1.53. The summed E-state index contributed by atoms with van der Waals surface area (Å²) in [5, 5.41) is 14.1. The second-order valence-electron chi connectivity index (χ2n) is 5.40. The largest absolute Gasteiger partial charge is 0.480 e. The molecule has 118 valence electrons. The molecule has 2 atom stereocenters. The van der Waals surface area contributed by atoms with Crippen LogP contribution in [0.1, 0.15) is 40.5 Å². The molecule has 0 aliphatic heterocycles. The standard InChI is InChI=1S/C14H28N2O4/c1-5-11(4)12(13(17)18)16-14(19)15-7-9-20-8-6-10(2)3/h10-12H,5-9H2,1-4H3,(H,17,18)(H2,15,16,19)/t11-,12-/m0/s1. The summed E-state index contributed by atoms with van der Waals surface area (Å²) in [7, 11) is 0. The van der Waals surface area contributed by atoms with Crippen molar-refractivity contribution in [3.8, 4) is 0 Å². The van der Waals surface area contributed by atoms with Crippen molar-refractivity contribution in [1.29, 1.82) is 0 Å². The summed E-state index contributed by atoms with van der Waals surface area (Å²) in [6, 6.07) is -1.33. The third-order valence-corrected chi connectivity index (χ3v) is 3.14. The summed E-state index contributed by atoms with van der Waals surface area (Å²) in [5.41, 5.74) is 0. The lowest BCUT2D eigenvalue weighted by Crippen LogP contribution is -2.49. The van der Waals surface area contributed by atoms with E-state index in [0.29, 0.717) is 32.1 Å². The second-order valence-corrected chi connectivity index (χ2v) is 5.40. The normalized spacial score (nSPS) is 13.8. The summed E-state index contributed by atoms with van der Waals surface area (Å²) < 4.78 is 5.36.